The molecule has 2 rings (SSSR count). The van der Waals surface area contributed by atoms with Crippen molar-refractivity contribution in [1.29, 1.82) is 0 Å². The summed E-state index contributed by atoms with van der Waals surface area (Å²) in [4.78, 5) is 4.29. The normalized spacial score (nSPS) is 26.1. The van der Waals surface area contributed by atoms with E-state index in [0.29, 0.717) is 12.4 Å². The van der Waals surface area contributed by atoms with Gasteiger partial charge in [0.05, 0.1) is 18.3 Å². The average Bonchev–Trinajstić information content (AvgIpc) is 2.72. The Kier molecular flexibility index (Phi) is 3.07. The van der Waals surface area contributed by atoms with Crippen LogP contribution in [0, 0.1) is 13.8 Å². The molecule has 0 amide bonds. The van der Waals surface area contributed by atoms with Gasteiger partial charge in [0.1, 0.15) is 5.76 Å². The molecule has 1 aromatic heterocycles. The summed E-state index contributed by atoms with van der Waals surface area (Å²) in [7, 11) is 0. The predicted octanol–water partition coefficient (Wildman–Crippen LogP) is 1.29. The fourth-order valence-corrected chi connectivity index (χ4v) is 2.01. The molecule has 15 heavy (non-hydrogen) atoms. The zero-order valence-electron chi connectivity index (χ0n) is 9.29. The smallest absolute Gasteiger partial charge is 0.208 e. The standard InChI is InChI=1S/C11H18N2O2/c1-7-8(2)15-11(13-7)6-12-9-4-3-5-10(9)14/h9-10,12,14H,3-6H2,1-2H3. The van der Waals surface area contributed by atoms with E-state index in [2.05, 4.69) is 10.3 Å². The van der Waals surface area contributed by atoms with Crippen molar-refractivity contribution in [2.75, 3.05) is 0 Å². The van der Waals surface area contributed by atoms with Gasteiger partial charge in [0.15, 0.2) is 0 Å². The summed E-state index contributed by atoms with van der Waals surface area (Å²) in [6.45, 7) is 4.46. The van der Waals surface area contributed by atoms with Crippen LogP contribution in [0.15, 0.2) is 4.42 Å². The second kappa shape index (κ2) is 4.33. The van der Waals surface area contributed by atoms with Gasteiger partial charge in [-0.3, -0.25) is 0 Å². The molecular weight excluding hydrogens is 192 g/mol. The number of aliphatic hydroxyl groups excluding tert-OH is 1. The monoisotopic (exact) mass is 210 g/mol. The average molecular weight is 210 g/mol. The molecule has 0 aromatic carbocycles. The molecular formula is C11H18N2O2. The van der Waals surface area contributed by atoms with Gasteiger partial charge in [0.25, 0.3) is 0 Å². The van der Waals surface area contributed by atoms with Gasteiger partial charge in [-0.1, -0.05) is 0 Å². The highest BCUT2D eigenvalue weighted by molar-refractivity contribution is 5.05. The van der Waals surface area contributed by atoms with E-state index in [1.54, 1.807) is 0 Å². The molecule has 1 aliphatic rings. The Hall–Kier alpha value is -0.870. The van der Waals surface area contributed by atoms with Crippen LogP contribution in [0.3, 0.4) is 0 Å². The van der Waals surface area contributed by atoms with E-state index in [1.807, 2.05) is 13.8 Å². The van der Waals surface area contributed by atoms with E-state index in [0.717, 1.165) is 30.7 Å². The molecule has 0 bridgehead atoms. The number of aliphatic hydroxyl groups is 1. The minimum atomic E-state index is -0.206. The summed E-state index contributed by atoms with van der Waals surface area (Å²) in [6.07, 6.45) is 2.84. The molecule has 1 saturated carbocycles. The van der Waals surface area contributed by atoms with Crippen molar-refractivity contribution in [2.45, 2.75) is 51.8 Å². The van der Waals surface area contributed by atoms with Crippen molar-refractivity contribution in [3.05, 3.63) is 17.3 Å². The molecule has 0 saturated heterocycles. The number of hydrogen-bond acceptors (Lipinski definition) is 4. The van der Waals surface area contributed by atoms with Gasteiger partial charge in [-0.15, -0.1) is 0 Å². The Bertz CT molecular complexity index is 316. The van der Waals surface area contributed by atoms with Gasteiger partial charge in [-0.05, 0) is 33.1 Å². The summed E-state index contributed by atoms with van der Waals surface area (Å²) in [5.41, 5.74) is 0.943. The molecule has 0 aliphatic heterocycles. The summed E-state index contributed by atoms with van der Waals surface area (Å²) in [6, 6.07) is 0.206. The van der Waals surface area contributed by atoms with E-state index in [4.69, 9.17) is 4.42 Å². The van der Waals surface area contributed by atoms with E-state index < -0.39 is 0 Å². The summed E-state index contributed by atoms with van der Waals surface area (Å²) >= 11 is 0. The molecule has 2 N–H and O–H groups in total. The highest BCUT2D eigenvalue weighted by Crippen LogP contribution is 2.19. The lowest BCUT2D eigenvalue weighted by atomic mass is 10.2. The van der Waals surface area contributed by atoms with Crippen LogP contribution in [0.4, 0.5) is 0 Å². The third-order valence-electron chi connectivity index (χ3n) is 3.07. The van der Waals surface area contributed by atoms with Crippen molar-refractivity contribution >= 4 is 0 Å². The molecule has 0 radical (unpaired) electrons. The van der Waals surface area contributed by atoms with E-state index in [1.165, 1.54) is 0 Å². The Morgan fingerprint density at radius 1 is 1.47 bits per heavy atom. The van der Waals surface area contributed by atoms with Gasteiger partial charge in [0, 0.05) is 6.04 Å². The number of nitrogens with one attached hydrogen (secondary N) is 1. The quantitative estimate of drug-likeness (QED) is 0.789. The van der Waals surface area contributed by atoms with E-state index in [9.17, 15) is 5.11 Å². The maximum Gasteiger partial charge on any atom is 0.208 e. The maximum atomic E-state index is 9.61. The lowest BCUT2D eigenvalue weighted by Crippen LogP contribution is -2.35. The fourth-order valence-electron chi connectivity index (χ4n) is 2.01. The third kappa shape index (κ3) is 2.38. The summed E-state index contributed by atoms with van der Waals surface area (Å²) in [5, 5.41) is 12.9. The van der Waals surface area contributed by atoms with Gasteiger partial charge in [-0.2, -0.15) is 0 Å². The molecule has 4 heteroatoms. The van der Waals surface area contributed by atoms with Crippen LogP contribution in [0.1, 0.15) is 36.6 Å². The molecule has 84 valence electrons. The first-order valence-electron chi connectivity index (χ1n) is 5.51. The Balaban J connectivity index is 1.87. The van der Waals surface area contributed by atoms with Crippen molar-refractivity contribution in [1.82, 2.24) is 10.3 Å². The maximum absolute atomic E-state index is 9.61. The second-order valence-corrected chi connectivity index (χ2v) is 4.23. The largest absolute Gasteiger partial charge is 0.444 e. The fraction of sp³-hybridized carbons (Fsp3) is 0.727. The first-order valence-corrected chi connectivity index (χ1v) is 5.51. The van der Waals surface area contributed by atoms with Crippen LogP contribution in [0.5, 0.6) is 0 Å². The Labute approximate surface area is 89.7 Å². The van der Waals surface area contributed by atoms with Crippen molar-refractivity contribution < 1.29 is 9.52 Å². The van der Waals surface area contributed by atoms with Crippen LogP contribution in [-0.2, 0) is 6.54 Å². The minimum absolute atomic E-state index is 0.206. The third-order valence-corrected chi connectivity index (χ3v) is 3.07. The Morgan fingerprint density at radius 3 is 2.80 bits per heavy atom. The molecule has 1 aromatic rings. The van der Waals surface area contributed by atoms with Crippen LogP contribution in [0.2, 0.25) is 0 Å². The molecule has 4 nitrogen and oxygen atoms in total. The van der Waals surface area contributed by atoms with Gasteiger partial charge < -0.3 is 14.8 Å². The minimum Gasteiger partial charge on any atom is -0.444 e. The number of rotatable bonds is 3. The van der Waals surface area contributed by atoms with Crippen LogP contribution < -0.4 is 5.32 Å². The molecule has 2 atom stereocenters. The molecule has 0 spiro atoms. The second-order valence-electron chi connectivity index (χ2n) is 4.23. The topological polar surface area (TPSA) is 58.3 Å². The molecule has 2 unspecified atom stereocenters. The zero-order valence-corrected chi connectivity index (χ0v) is 9.29. The van der Waals surface area contributed by atoms with Crippen molar-refractivity contribution in [3.8, 4) is 0 Å². The highest BCUT2D eigenvalue weighted by Gasteiger charge is 2.24. The molecule has 1 fully saturated rings. The number of aromatic nitrogens is 1. The van der Waals surface area contributed by atoms with E-state index >= 15 is 0 Å². The highest BCUT2D eigenvalue weighted by atomic mass is 16.4. The van der Waals surface area contributed by atoms with Crippen LogP contribution >= 0.6 is 0 Å². The Morgan fingerprint density at radius 2 is 2.27 bits per heavy atom. The van der Waals surface area contributed by atoms with Crippen molar-refractivity contribution in [3.63, 3.8) is 0 Å². The van der Waals surface area contributed by atoms with Gasteiger partial charge in [0.2, 0.25) is 5.89 Å². The lowest BCUT2D eigenvalue weighted by Gasteiger charge is -2.14. The van der Waals surface area contributed by atoms with Crippen LogP contribution in [0.25, 0.3) is 0 Å². The summed E-state index contributed by atoms with van der Waals surface area (Å²) in [5.74, 6) is 1.59. The number of nitrogens with zero attached hydrogens (tertiary/aromatic N) is 1. The van der Waals surface area contributed by atoms with E-state index in [-0.39, 0.29) is 12.1 Å². The number of hydrogen-bond donors (Lipinski definition) is 2. The van der Waals surface area contributed by atoms with Crippen molar-refractivity contribution in [2.24, 2.45) is 0 Å². The van der Waals surface area contributed by atoms with Crippen LogP contribution in [-0.4, -0.2) is 22.2 Å². The first kappa shape index (κ1) is 10.6. The predicted molar refractivity (Wildman–Crippen MR) is 56.5 cm³/mol. The number of oxazole rings is 1. The number of aryl methyl sites for hydroxylation is 2. The SMILES string of the molecule is Cc1nc(CNC2CCCC2O)oc1C. The van der Waals surface area contributed by atoms with Gasteiger partial charge in [-0.25, -0.2) is 4.98 Å². The summed E-state index contributed by atoms with van der Waals surface area (Å²) < 4.78 is 5.45. The lowest BCUT2D eigenvalue weighted by molar-refractivity contribution is 0.147. The molecule has 1 aliphatic carbocycles. The molecule has 1 heterocycles. The zero-order chi connectivity index (χ0) is 10.8. The van der Waals surface area contributed by atoms with Gasteiger partial charge >= 0.3 is 0 Å². The first-order chi connectivity index (χ1) is 7.16.